The maximum absolute atomic E-state index is 13.0. The number of para-hydroxylation sites is 1. The van der Waals surface area contributed by atoms with Gasteiger partial charge in [0, 0.05) is 11.6 Å². The Labute approximate surface area is 225 Å². The number of amides is 1. The third kappa shape index (κ3) is 6.36. The minimum atomic E-state index is -4.01. The number of nitrogens with one attached hydrogen (secondary N) is 2. The first-order valence-corrected chi connectivity index (χ1v) is 14.0. The van der Waals surface area contributed by atoms with Crippen LogP contribution in [0.2, 0.25) is 10.0 Å². The zero-order chi connectivity index (χ0) is 25.0. The van der Waals surface area contributed by atoms with Crippen LogP contribution >= 0.6 is 50.5 Å². The van der Waals surface area contributed by atoms with Gasteiger partial charge in [-0.25, -0.2) is 8.42 Å². The van der Waals surface area contributed by atoms with Gasteiger partial charge in [-0.3, -0.25) is 9.52 Å². The van der Waals surface area contributed by atoms with Crippen molar-refractivity contribution in [3.63, 3.8) is 0 Å². The molecule has 0 spiro atoms. The molecule has 2 N–H and O–H groups in total. The highest BCUT2D eigenvalue weighted by atomic mass is 79.9. The molecule has 0 saturated carbocycles. The van der Waals surface area contributed by atoms with Crippen molar-refractivity contribution in [2.24, 2.45) is 0 Å². The number of anilines is 1. The zero-order valence-electron chi connectivity index (χ0n) is 17.8. The quantitative estimate of drug-likeness (QED) is 0.218. The molecule has 6 nitrogen and oxygen atoms in total. The standard InChI is InChI=1S/C24H17BrCl2N2O4S2/c25-23-15(11-12-34-23)14-28-24(30)19-13-16(26)5-10-21(19)29-35(31,32)18-8-6-17(7-9-18)33-22-4-2-1-3-20(22)27/h1-13,29H,14H2,(H,28,30). The van der Waals surface area contributed by atoms with Crippen molar-refractivity contribution in [2.45, 2.75) is 11.4 Å². The van der Waals surface area contributed by atoms with Crippen molar-refractivity contribution >= 4 is 72.1 Å². The van der Waals surface area contributed by atoms with Crippen LogP contribution in [-0.2, 0) is 16.6 Å². The van der Waals surface area contributed by atoms with Gasteiger partial charge in [0.25, 0.3) is 15.9 Å². The molecule has 0 aliphatic rings. The van der Waals surface area contributed by atoms with Crippen LogP contribution in [0.5, 0.6) is 11.5 Å². The van der Waals surface area contributed by atoms with Gasteiger partial charge in [0.1, 0.15) is 11.5 Å². The number of hydrogen-bond donors (Lipinski definition) is 2. The lowest BCUT2D eigenvalue weighted by molar-refractivity contribution is 0.0952. The van der Waals surface area contributed by atoms with Gasteiger partial charge in [0.15, 0.2) is 0 Å². The summed E-state index contributed by atoms with van der Waals surface area (Å²) in [5, 5.41) is 5.42. The third-order valence-corrected chi connectivity index (χ3v) is 8.54. The van der Waals surface area contributed by atoms with Crippen molar-refractivity contribution in [1.82, 2.24) is 5.32 Å². The normalized spacial score (nSPS) is 11.2. The maximum Gasteiger partial charge on any atom is 0.261 e. The number of carbonyl (C=O) groups excluding carboxylic acids is 1. The molecule has 1 amide bonds. The average molecular weight is 612 g/mol. The molecule has 0 aliphatic heterocycles. The lowest BCUT2D eigenvalue weighted by Crippen LogP contribution is -2.25. The molecule has 0 unspecified atom stereocenters. The fourth-order valence-corrected chi connectivity index (χ4v) is 5.72. The highest BCUT2D eigenvalue weighted by Crippen LogP contribution is 2.30. The number of ether oxygens (including phenoxy) is 1. The summed E-state index contributed by atoms with van der Waals surface area (Å²) < 4.78 is 35.2. The van der Waals surface area contributed by atoms with E-state index in [1.54, 1.807) is 24.3 Å². The Morgan fingerprint density at radius 2 is 1.74 bits per heavy atom. The Hall–Kier alpha value is -2.56. The smallest absolute Gasteiger partial charge is 0.261 e. The van der Waals surface area contributed by atoms with Crippen molar-refractivity contribution in [3.8, 4) is 11.5 Å². The van der Waals surface area contributed by atoms with Gasteiger partial charge in [-0.2, -0.15) is 0 Å². The first-order valence-electron chi connectivity index (χ1n) is 10.1. The van der Waals surface area contributed by atoms with E-state index in [2.05, 4.69) is 26.0 Å². The fourth-order valence-electron chi connectivity index (χ4n) is 3.05. The molecule has 0 radical (unpaired) electrons. The zero-order valence-corrected chi connectivity index (χ0v) is 22.5. The summed E-state index contributed by atoms with van der Waals surface area (Å²) in [6.07, 6.45) is 0. The van der Waals surface area contributed by atoms with Gasteiger partial charge in [-0.1, -0.05) is 35.3 Å². The number of benzene rings is 3. The average Bonchev–Trinajstić information content (AvgIpc) is 3.25. The highest BCUT2D eigenvalue weighted by Gasteiger charge is 2.20. The SMILES string of the molecule is O=C(NCc1ccsc1Br)c1cc(Cl)ccc1NS(=O)(=O)c1ccc(Oc2ccccc2Cl)cc1. The van der Waals surface area contributed by atoms with E-state index in [-0.39, 0.29) is 22.7 Å². The number of carbonyl (C=O) groups is 1. The second kappa shape index (κ2) is 11.0. The fraction of sp³-hybridized carbons (Fsp3) is 0.0417. The van der Waals surface area contributed by atoms with Crippen LogP contribution in [0.3, 0.4) is 0 Å². The van der Waals surface area contributed by atoms with Crippen LogP contribution in [0.15, 0.2) is 86.9 Å². The van der Waals surface area contributed by atoms with Crippen LogP contribution in [0.1, 0.15) is 15.9 Å². The number of hydrogen-bond acceptors (Lipinski definition) is 5. The summed E-state index contributed by atoms with van der Waals surface area (Å²) in [5.41, 5.74) is 1.12. The molecular formula is C24H17BrCl2N2O4S2. The monoisotopic (exact) mass is 610 g/mol. The number of sulfonamides is 1. The summed E-state index contributed by atoms with van der Waals surface area (Å²) in [7, 11) is -4.01. The molecule has 0 fully saturated rings. The number of thiophene rings is 1. The minimum Gasteiger partial charge on any atom is -0.456 e. The minimum absolute atomic E-state index is 0.00693. The van der Waals surface area contributed by atoms with E-state index in [9.17, 15) is 13.2 Å². The van der Waals surface area contributed by atoms with E-state index in [0.29, 0.717) is 21.5 Å². The van der Waals surface area contributed by atoms with Gasteiger partial charge in [-0.15, -0.1) is 11.3 Å². The second-order valence-corrected chi connectivity index (χ2v) is 12.0. The van der Waals surface area contributed by atoms with Crippen LogP contribution in [-0.4, -0.2) is 14.3 Å². The summed E-state index contributed by atoms with van der Waals surface area (Å²) in [4.78, 5) is 12.8. The Morgan fingerprint density at radius 1 is 1.00 bits per heavy atom. The molecule has 180 valence electrons. The van der Waals surface area contributed by atoms with Gasteiger partial charge in [0.2, 0.25) is 0 Å². The summed E-state index contributed by atoms with van der Waals surface area (Å²) in [6, 6.07) is 19.1. The molecular weight excluding hydrogens is 595 g/mol. The van der Waals surface area contributed by atoms with E-state index < -0.39 is 15.9 Å². The van der Waals surface area contributed by atoms with Gasteiger partial charge >= 0.3 is 0 Å². The lowest BCUT2D eigenvalue weighted by atomic mass is 10.1. The van der Waals surface area contributed by atoms with E-state index in [4.69, 9.17) is 27.9 Å². The Kier molecular flexibility index (Phi) is 8.03. The van der Waals surface area contributed by atoms with Crippen molar-refractivity contribution in [3.05, 3.63) is 103 Å². The summed E-state index contributed by atoms with van der Waals surface area (Å²) >= 11 is 17.1. The van der Waals surface area contributed by atoms with Crippen molar-refractivity contribution < 1.29 is 17.9 Å². The summed E-state index contributed by atoms with van der Waals surface area (Å²) in [6.45, 7) is 0.272. The molecule has 0 atom stereocenters. The van der Waals surface area contributed by atoms with Crippen LogP contribution in [0.25, 0.3) is 0 Å². The van der Waals surface area contributed by atoms with Crippen molar-refractivity contribution in [1.29, 1.82) is 0 Å². The lowest BCUT2D eigenvalue weighted by Gasteiger charge is -2.14. The highest BCUT2D eigenvalue weighted by molar-refractivity contribution is 9.11. The molecule has 0 bridgehead atoms. The van der Waals surface area contributed by atoms with Crippen LogP contribution in [0, 0.1) is 0 Å². The number of halogens is 3. The van der Waals surface area contributed by atoms with Gasteiger partial charge in [-0.05, 0) is 87.5 Å². The largest absolute Gasteiger partial charge is 0.456 e. The topological polar surface area (TPSA) is 84.5 Å². The predicted molar refractivity (Wildman–Crippen MR) is 143 cm³/mol. The second-order valence-electron chi connectivity index (χ2n) is 7.20. The molecule has 35 heavy (non-hydrogen) atoms. The third-order valence-electron chi connectivity index (χ3n) is 4.80. The Bertz CT molecular complexity index is 1480. The molecule has 4 rings (SSSR count). The van der Waals surface area contributed by atoms with Crippen molar-refractivity contribution in [2.75, 3.05) is 4.72 Å². The first kappa shape index (κ1) is 25.5. The van der Waals surface area contributed by atoms with E-state index in [1.165, 1.54) is 53.8 Å². The predicted octanol–water partition coefficient (Wildman–Crippen LogP) is 7.34. The Morgan fingerprint density at radius 3 is 2.43 bits per heavy atom. The van der Waals surface area contributed by atoms with E-state index in [1.807, 2.05) is 11.4 Å². The van der Waals surface area contributed by atoms with Crippen LogP contribution < -0.4 is 14.8 Å². The van der Waals surface area contributed by atoms with Gasteiger partial charge in [0.05, 0.1) is 25.0 Å². The first-order chi connectivity index (χ1) is 16.7. The number of rotatable bonds is 8. The maximum atomic E-state index is 13.0. The molecule has 3 aromatic carbocycles. The van der Waals surface area contributed by atoms with Gasteiger partial charge < -0.3 is 10.1 Å². The van der Waals surface area contributed by atoms with Crippen LogP contribution in [0.4, 0.5) is 5.69 Å². The molecule has 0 aliphatic carbocycles. The molecule has 1 heterocycles. The van der Waals surface area contributed by atoms with E-state index in [0.717, 1.165) is 9.35 Å². The molecule has 1 aromatic heterocycles. The molecule has 4 aromatic rings. The molecule has 11 heteroatoms. The Balaban J connectivity index is 1.51. The van der Waals surface area contributed by atoms with E-state index >= 15 is 0 Å². The summed E-state index contributed by atoms with van der Waals surface area (Å²) in [5.74, 6) is 0.407. The molecule has 0 saturated heterocycles.